The van der Waals surface area contributed by atoms with Crippen LogP contribution in [-0.4, -0.2) is 21.2 Å². The van der Waals surface area contributed by atoms with Crippen LogP contribution in [0.1, 0.15) is 17.5 Å². The van der Waals surface area contributed by atoms with E-state index in [2.05, 4.69) is 9.97 Å². The van der Waals surface area contributed by atoms with E-state index in [0.29, 0.717) is 6.42 Å². The number of aryl methyl sites for hydroxylation is 1. The second-order valence-corrected chi connectivity index (χ2v) is 4.11. The van der Waals surface area contributed by atoms with Gasteiger partial charge in [0, 0.05) is 24.8 Å². The van der Waals surface area contributed by atoms with Crippen molar-refractivity contribution in [1.29, 1.82) is 0 Å². The van der Waals surface area contributed by atoms with Gasteiger partial charge in [-0.3, -0.25) is 9.97 Å². The molecule has 0 radical (unpaired) electrons. The molecule has 0 bridgehead atoms. The Balaban J connectivity index is 1.80. The lowest BCUT2D eigenvalue weighted by molar-refractivity contribution is 0.165. The summed E-state index contributed by atoms with van der Waals surface area (Å²) in [6, 6.07) is 7.85. The molecule has 3 heteroatoms. The van der Waals surface area contributed by atoms with Crippen LogP contribution in [0.5, 0.6) is 0 Å². The Morgan fingerprint density at radius 2 is 1.41 bits per heavy atom. The highest BCUT2D eigenvalue weighted by atomic mass is 16.3. The molecule has 17 heavy (non-hydrogen) atoms. The summed E-state index contributed by atoms with van der Waals surface area (Å²) >= 11 is 0. The van der Waals surface area contributed by atoms with Crippen LogP contribution >= 0.6 is 0 Å². The van der Waals surface area contributed by atoms with Crippen LogP contribution in [0.3, 0.4) is 0 Å². The van der Waals surface area contributed by atoms with E-state index < -0.39 is 0 Å². The fourth-order valence-corrected chi connectivity index (χ4v) is 1.78. The molecule has 1 N–H and O–H groups in total. The summed E-state index contributed by atoms with van der Waals surface area (Å²) in [7, 11) is 0. The minimum absolute atomic E-state index is 0.300. The molecule has 2 aromatic rings. The zero-order valence-electron chi connectivity index (χ0n) is 9.66. The largest absolute Gasteiger partial charge is 0.393 e. The number of pyridine rings is 2. The molecule has 88 valence electrons. The Bertz CT molecular complexity index is 430. The number of nitrogens with zero attached hydrogens (tertiary/aromatic N) is 2. The molecular formula is C14H16N2O. The Kier molecular flexibility index (Phi) is 4.22. The van der Waals surface area contributed by atoms with Crippen molar-refractivity contribution in [1.82, 2.24) is 9.97 Å². The van der Waals surface area contributed by atoms with Gasteiger partial charge in [0.05, 0.1) is 6.10 Å². The van der Waals surface area contributed by atoms with Gasteiger partial charge in [-0.15, -0.1) is 0 Å². The molecule has 0 saturated carbocycles. The van der Waals surface area contributed by atoms with Crippen molar-refractivity contribution in [2.45, 2.75) is 25.4 Å². The van der Waals surface area contributed by atoms with Crippen LogP contribution < -0.4 is 0 Å². The SMILES string of the molecule is OC(CCc1ccncc1)Cc1ccncc1. The number of aliphatic hydroxyl groups is 1. The minimum atomic E-state index is -0.300. The molecule has 0 amide bonds. The number of aromatic nitrogens is 2. The van der Waals surface area contributed by atoms with E-state index in [4.69, 9.17) is 0 Å². The van der Waals surface area contributed by atoms with Gasteiger partial charge in [-0.05, 0) is 54.7 Å². The van der Waals surface area contributed by atoms with Gasteiger partial charge in [0.1, 0.15) is 0 Å². The van der Waals surface area contributed by atoms with Crippen LogP contribution in [0, 0.1) is 0 Å². The third-order valence-electron chi connectivity index (χ3n) is 2.74. The number of rotatable bonds is 5. The molecule has 1 atom stereocenters. The lowest BCUT2D eigenvalue weighted by Crippen LogP contribution is -2.11. The van der Waals surface area contributed by atoms with Gasteiger partial charge in [-0.2, -0.15) is 0 Å². The van der Waals surface area contributed by atoms with E-state index >= 15 is 0 Å². The fourth-order valence-electron chi connectivity index (χ4n) is 1.78. The molecule has 1 unspecified atom stereocenters. The average Bonchev–Trinajstić information content (AvgIpc) is 2.39. The molecule has 0 saturated heterocycles. The van der Waals surface area contributed by atoms with Crippen LogP contribution in [0.4, 0.5) is 0 Å². The van der Waals surface area contributed by atoms with Gasteiger partial charge >= 0.3 is 0 Å². The summed E-state index contributed by atoms with van der Waals surface area (Å²) in [5.74, 6) is 0. The molecule has 0 aromatic carbocycles. The zero-order chi connectivity index (χ0) is 11.9. The quantitative estimate of drug-likeness (QED) is 0.851. The zero-order valence-corrected chi connectivity index (χ0v) is 9.66. The first-order chi connectivity index (χ1) is 8.34. The van der Waals surface area contributed by atoms with Crippen molar-refractivity contribution in [2.24, 2.45) is 0 Å². The lowest BCUT2D eigenvalue weighted by Gasteiger charge is -2.10. The van der Waals surface area contributed by atoms with Crippen molar-refractivity contribution >= 4 is 0 Å². The standard InChI is InChI=1S/C14H16N2O/c17-14(11-13-5-9-16-10-6-13)2-1-12-3-7-15-8-4-12/h3-10,14,17H,1-2,11H2. The van der Waals surface area contributed by atoms with Gasteiger partial charge < -0.3 is 5.11 Å². The Hall–Kier alpha value is -1.74. The highest BCUT2D eigenvalue weighted by molar-refractivity contribution is 5.12. The van der Waals surface area contributed by atoms with Gasteiger partial charge in [-0.1, -0.05) is 0 Å². The lowest BCUT2D eigenvalue weighted by atomic mass is 10.0. The normalized spacial score (nSPS) is 12.3. The first kappa shape index (κ1) is 11.7. The summed E-state index contributed by atoms with van der Waals surface area (Å²) in [4.78, 5) is 7.93. The molecule has 0 aliphatic carbocycles. The number of hydrogen-bond acceptors (Lipinski definition) is 3. The number of hydrogen-bond donors (Lipinski definition) is 1. The van der Waals surface area contributed by atoms with Crippen LogP contribution in [0.15, 0.2) is 49.1 Å². The van der Waals surface area contributed by atoms with E-state index in [0.717, 1.165) is 18.4 Å². The average molecular weight is 228 g/mol. The van der Waals surface area contributed by atoms with Gasteiger partial charge in [0.2, 0.25) is 0 Å². The predicted molar refractivity (Wildman–Crippen MR) is 66.5 cm³/mol. The van der Waals surface area contributed by atoms with E-state index in [1.54, 1.807) is 24.8 Å². The summed E-state index contributed by atoms with van der Waals surface area (Å²) in [6.07, 6.45) is 9.12. The van der Waals surface area contributed by atoms with Crippen molar-refractivity contribution in [3.63, 3.8) is 0 Å². The Morgan fingerprint density at radius 1 is 0.882 bits per heavy atom. The highest BCUT2D eigenvalue weighted by Gasteiger charge is 2.05. The second kappa shape index (κ2) is 6.11. The van der Waals surface area contributed by atoms with Crippen LogP contribution in [0.25, 0.3) is 0 Å². The van der Waals surface area contributed by atoms with E-state index in [1.807, 2.05) is 24.3 Å². The smallest absolute Gasteiger partial charge is 0.0583 e. The van der Waals surface area contributed by atoms with Crippen molar-refractivity contribution < 1.29 is 5.11 Å². The molecule has 2 rings (SSSR count). The molecule has 0 spiro atoms. The number of aliphatic hydroxyl groups excluding tert-OH is 1. The maximum atomic E-state index is 9.93. The highest BCUT2D eigenvalue weighted by Crippen LogP contribution is 2.08. The maximum absolute atomic E-state index is 9.93. The monoisotopic (exact) mass is 228 g/mol. The molecule has 0 aliphatic heterocycles. The summed E-state index contributed by atoms with van der Waals surface area (Å²) in [5.41, 5.74) is 2.34. The summed E-state index contributed by atoms with van der Waals surface area (Å²) in [5, 5.41) is 9.93. The van der Waals surface area contributed by atoms with E-state index in [-0.39, 0.29) is 6.10 Å². The van der Waals surface area contributed by atoms with Crippen molar-refractivity contribution in [3.05, 3.63) is 60.2 Å². The molecular weight excluding hydrogens is 212 g/mol. The molecule has 2 aromatic heterocycles. The maximum Gasteiger partial charge on any atom is 0.0583 e. The first-order valence-electron chi connectivity index (χ1n) is 5.80. The Labute approximate surface area is 101 Å². The molecule has 0 fully saturated rings. The van der Waals surface area contributed by atoms with E-state index in [9.17, 15) is 5.11 Å². The fraction of sp³-hybridized carbons (Fsp3) is 0.286. The first-order valence-corrected chi connectivity index (χ1v) is 5.80. The predicted octanol–water partition coefficient (Wildman–Crippen LogP) is 2.01. The molecule has 0 aliphatic rings. The minimum Gasteiger partial charge on any atom is -0.393 e. The van der Waals surface area contributed by atoms with Crippen molar-refractivity contribution in [2.75, 3.05) is 0 Å². The Morgan fingerprint density at radius 3 is 2.00 bits per heavy atom. The van der Waals surface area contributed by atoms with Crippen LogP contribution in [-0.2, 0) is 12.8 Å². The van der Waals surface area contributed by atoms with Gasteiger partial charge in [0.25, 0.3) is 0 Å². The molecule has 3 nitrogen and oxygen atoms in total. The van der Waals surface area contributed by atoms with Gasteiger partial charge in [0.15, 0.2) is 0 Å². The topological polar surface area (TPSA) is 46.0 Å². The van der Waals surface area contributed by atoms with Crippen LogP contribution in [0.2, 0.25) is 0 Å². The van der Waals surface area contributed by atoms with E-state index in [1.165, 1.54) is 5.56 Å². The van der Waals surface area contributed by atoms with Gasteiger partial charge in [-0.25, -0.2) is 0 Å². The van der Waals surface area contributed by atoms with Crippen molar-refractivity contribution in [3.8, 4) is 0 Å². The second-order valence-electron chi connectivity index (χ2n) is 4.11. The summed E-state index contributed by atoms with van der Waals surface area (Å²) in [6.45, 7) is 0. The summed E-state index contributed by atoms with van der Waals surface area (Å²) < 4.78 is 0. The molecule has 2 heterocycles. The third kappa shape index (κ3) is 3.96. The third-order valence-corrected chi connectivity index (χ3v) is 2.74.